The molecule has 40 heavy (non-hydrogen) atoms. The molecule has 5 rings (SSSR count). The monoisotopic (exact) mass is 552 g/mol. The van der Waals surface area contributed by atoms with Crippen LogP contribution >= 0.6 is 0 Å². The molecule has 0 spiro atoms. The Hall–Kier alpha value is -4.87. The molecule has 0 saturated heterocycles. The summed E-state index contributed by atoms with van der Waals surface area (Å²) in [5.74, 6) is 1.41. The van der Waals surface area contributed by atoms with Gasteiger partial charge in [0.15, 0.2) is 11.6 Å². The first kappa shape index (κ1) is 26.7. The minimum absolute atomic E-state index is 0.178. The highest BCUT2D eigenvalue weighted by atomic mass is 32.2. The second-order valence-corrected chi connectivity index (χ2v) is 10.8. The Balaban J connectivity index is 1.59. The molecule has 0 bridgehead atoms. The van der Waals surface area contributed by atoms with Gasteiger partial charge in [-0.25, -0.2) is 17.8 Å². The summed E-state index contributed by atoms with van der Waals surface area (Å²) < 4.78 is 28.2. The van der Waals surface area contributed by atoms with E-state index >= 15 is 0 Å². The van der Waals surface area contributed by atoms with Crippen LogP contribution < -0.4 is 15.5 Å². The fourth-order valence-corrected chi connectivity index (χ4v) is 4.77. The Morgan fingerprint density at radius 3 is 2.30 bits per heavy atom. The second-order valence-electron chi connectivity index (χ2n) is 8.89. The van der Waals surface area contributed by atoms with E-state index in [2.05, 4.69) is 25.7 Å². The first-order valence-electron chi connectivity index (χ1n) is 12.5. The van der Waals surface area contributed by atoms with Crippen molar-refractivity contribution in [1.82, 2.24) is 24.5 Å². The number of hydrogen-bond donors (Lipinski definition) is 3. The lowest BCUT2D eigenvalue weighted by atomic mass is 10.1. The van der Waals surface area contributed by atoms with Gasteiger partial charge in [0.1, 0.15) is 0 Å². The van der Waals surface area contributed by atoms with Crippen molar-refractivity contribution < 1.29 is 8.42 Å². The molecule has 0 atom stereocenters. The van der Waals surface area contributed by atoms with Gasteiger partial charge >= 0.3 is 0 Å². The maximum atomic E-state index is 12.1. The maximum Gasteiger partial charge on any atom is 0.240 e. The molecule has 0 fully saturated rings. The van der Waals surface area contributed by atoms with Gasteiger partial charge in [-0.2, -0.15) is 20.2 Å². The minimum atomic E-state index is -3.53. The number of rotatable bonds is 9. The summed E-state index contributed by atoms with van der Waals surface area (Å²) in [7, 11) is -2.15. The van der Waals surface area contributed by atoms with E-state index in [1.54, 1.807) is 35.1 Å². The van der Waals surface area contributed by atoms with Crippen LogP contribution in [0.5, 0.6) is 0 Å². The predicted octanol–water partition coefficient (Wildman–Crippen LogP) is 5.13. The van der Waals surface area contributed by atoms with Crippen molar-refractivity contribution in [3.8, 4) is 16.9 Å². The molecule has 3 aromatic carbocycles. The van der Waals surface area contributed by atoms with Crippen LogP contribution in [0.15, 0.2) is 107 Å². The molecule has 0 aliphatic carbocycles. The number of nitrogens with one attached hydrogen (secondary N) is 3. The summed E-state index contributed by atoms with van der Waals surface area (Å²) in [5, 5.41) is 12.4. The third-order valence-corrected chi connectivity index (χ3v) is 7.68. The highest BCUT2D eigenvalue weighted by Crippen LogP contribution is 2.33. The average Bonchev–Trinajstić information content (AvgIpc) is 3.52. The molecular weight excluding hydrogens is 524 g/mol. The van der Waals surface area contributed by atoms with Gasteiger partial charge in [-0.05, 0) is 61.9 Å². The maximum absolute atomic E-state index is 12.1. The fraction of sp³-hybridized carbons (Fsp3) is 0.103. The SMILES string of the molecule is CNS(=O)(=O)c1ccc(C(C)=NNc2nc(Nc3ccccc3C)nc(-n3cccn3)c2-c2ccccc2)cc1. The lowest BCUT2D eigenvalue weighted by molar-refractivity contribution is 0.588. The van der Waals surface area contributed by atoms with Crippen LogP contribution in [-0.2, 0) is 10.0 Å². The number of hydrazone groups is 1. The Bertz CT molecular complexity index is 1750. The second kappa shape index (κ2) is 11.5. The topological polar surface area (TPSA) is 126 Å². The summed E-state index contributed by atoms with van der Waals surface area (Å²) in [5.41, 5.74) is 8.05. The Morgan fingerprint density at radius 1 is 0.900 bits per heavy atom. The molecule has 2 heterocycles. The first-order chi connectivity index (χ1) is 19.4. The number of benzene rings is 3. The van der Waals surface area contributed by atoms with Crippen LogP contribution in [0.4, 0.5) is 17.5 Å². The molecule has 0 amide bonds. The molecule has 0 saturated carbocycles. The van der Waals surface area contributed by atoms with E-state index in [0.29, 0.717) is 28.9 Å². The molecule has 11 heteroatoms. The van der Waals surface area contributed by atoms with E-state index in [-0.39, 0.29) is 4.90 Å². The predicted molar refractivity (Wildman–Crippen MR) is 158 cm³/mol. The van der Waals surface area contributed by atoms with Gasteiger partial charge in [0.2, 0.25) is 16.0 Å². The Labute approximate surface area is 232 Å². The average molecular weight is 553 g/mol. The minimum Gasteiger partial charge on any atom is -0.324 e. The molecule has 0 aliphatic rings. The van der Waals surface area contributed by atoms with Gasteiger partial charge in [-0.1, -0.05) is 60.7 Å². The molecular formula is C29H28N8O2S. The summed E-state index contributed by atoms with van der Waals surface area (Å²) >= 11 is 0. The van der Waals surface area contributed by atoms with Gasteiger partial charge in [0.05, 0.1) is 16.2 Å². The van der Waals surface area contributed by atoms with Crippen molar-refractivity contribution in [3.63, 3.8) is 0 Å². The molecule has 2 aromatic heterocycles. The first-order valence-corrected chi connectivity index (χ1v) is 14.0. The van der Waals surface area contributed by atoms with E-state index in [0.717, 1.165) is 22.4 Å². The summed E-state index contributed by atoms with van der Waals surface area (Å²) in [6.07, 6.45) is 3.52. The van der Waals surface area contributed by atoms with E-state index < -0.39 is 10.0 Å². The van der Waals surface area contributed by atoms with Crippen LogP contribution in [0.3, 0.4) is 0 Å². The van der Waals surface area contributed by atoms with Crippen molar-refractivity contribution in [1.29, 1.82) is 0 Å². The van der Waals surface area contributed by atoms with Crippen LogP contribution in [-0.4, -0.2) is 40.9 Å². The van der Waals surface area contributed by atoms with Crippen LogP contribution in [0.1, 0.15) is 18.1 Å². The quantitative estimate of drug-likeness (QED) is 0.171. The zero-order valence-corrected chi connectivity index (χ0v) is 23.0. The molecule has 5 aromatic rings. The number of hydrogen-bond acceptors (Lipinski definition) is 8. The van der Waals surface area contributed by atoms with Crippen molar-refractivity contribution in [2.24, 2.45) is 5.10 Å². The van der Waals surface area contributed by atoms with Gasteiger partial charge in [-0.15, -0.1) is 0 Å². The Morgan fingerprint density at radius 2 is 1.62 bits per heavy atom. The largest absolute Gasteiger partial charge is 0.324 e. The van der Waals surface area contributed by atoms with E-state index in [4.69, 9.17) is 9.97 Å². The van der Waals surface area contributed by atoms with E-state index in [9.17, 15) is 8.42 Å². The Kier molecular flexibility index (Phi) is 7.67. The van der Waals surface area contributed by atoms with Gasteiger partial charge < -0.3 is 5.32 Å². The van der Waals surface area contributed by atoms with Gasteiger partial charge in [0, 0.05) is 18.1 Å². The summed E-state index contributed by atoms with van der Waals surface area (Å²) in [4.78, 5) is 9.83. The number of aromatic nitrogens is 4. The molecule has 3 N–H and O–H groups in total. The smallest absolute Gasteiger partial charge is 0.240 e. The molecule has 0 radical (unpaired) electrons. The fourth-order valence-electron chi connectivity index (χ4n) is 4.04. The molecule has 0 aliphatic heterocycles. The molecule has 0 unspecified atom stereocenters. The van der Waals surface area contributed by atoms with Crippen LogP contribution in [0.2, 0.25) is 0 Å². The van der Waals surface area contributed by atoms with Crippen molar-refractivity contribution in [3.05, 3.63) is 108 Å². The lowest BCUT2D eigenvalue weighted by Crippen LogP contribution is -2.18. The summed E-state index contributed by atoms with van der Waals surface area (Å²) in [6, 6.07) is 26.0. The number of aryl methyl sites for hydroxylation is 1. The number of anilines is 3. The normalized spacial score (nSPS) is 11.8. The molecule has 10 nitrogen and oxygen atoms in total. The third-order valence-electron chi connectivity index (χ3n) is 6.25. The zero-order chi connectivity index (χ0) is 28.1. The van der Waals surface area contributed by atoms with Crippen molar-refractivity contribution >= 4 is 33.2 Å². The van der Waals surface area contributed by atoms with Crippen molar-refractivity contribution in [2.45, 2.75) is 18.7 Å². The third kappa shape index (κ3) is 5.75. The highest BCUT2D eigenvalue weighted by Gasteiger charge is 2.19. The zero-order valence-electron chi connectivity index (χ0n) is 22.2. The lowest BCUT2D eigenvalue weighted by Gasteiger charge is -2.17. The van der Waals surface area contributed by atoms with Crippen LogP contribution in [0.25, 0.3) is 16.9 Å². The number of para-hydroxylation sites is 1. The van der Waals surface area contributed by atoms with Crippen molar-refractivity contribution in [2.75, 3.05) is 17.8 Å². The van der Waals surface area contributed by atoms with Gasteiger partial charge in [-0.3, -0.25) is 5.43 Å². The molecule has 202 valence electrons. The highest BCUT2D eigenvalue weighted by molar-refractivity contribution is 7.89. The van der Waals surface area contributed by atoms with Gasteiger partial charge in [0.25, 0.3) is 0 Å². The van der Waals surface area contributed by atoms with Crippen LogP contribution in [0, 0.1) is 6.92 Å². The number of nitrogens with zero attached hydrogens (tertiary/aromatic N) is 5. The standard InChI is InChI=1S/C29H28N8O2S/c1-20-10-7-8-13-25(20)32-29-33-27(36-35-21(2)22-14-16-24(17-15-22)40(38,39)30-3)26(23-11-5-4-6-12-23)28(34-29)37-19-9-18-31-37/h4-19,30H,1-3H3,(H2,32,33,34,36). The number of sulfonamides is 1. The summed E-state index contributed by atoms with van der Waals surface area (Å²) in [6.45, 7) is 3.84. The van der Waals surface area contributed by atoms with E-state index in [1.165, 1.54) is 7.05 Å². The van der Waals surface area contributed by atoms with E-state index in [1.807, 2.05) is 80.7 Å².